The molecule has 3 N–H and O–H groups in total. The minimum Gasteiger partial charge on any atom is -0.461 e. The number of nitrogens with one attached hydrogen (secondary N) is 1. The summed E-state index contributed by atoms with van der Waals surface area (Å²) in [6.07, 6.45) is 10.3. The summed E-state index contributed by atoms with van der Waals surface area (Å²) in [4.78, 5) is 19.1. The molecule has 2 aromatic carbocycles. The summed E-state index contributed by atoms with van der Waals surface area (Å²) in [6, 6.07) is 6.61. The van der Waals surface area contributed by atoms with Crippen molar-refractivity contribution >= 4 is 33.2 Å². The highest BCUT2D eigenvalue weighted by atomic mass is 19.1. The maximum Gasteiger partial charge on any atom is 0.319 e. The molecular weight excluding hydrogens is 603 g/mol. The summed E-state index contributed by atoms with van der Waals surface area (Å²) in [5.74, 6) is 1.79. The maximum absolute atomic E-state index is 17.2. The summed E-state index contributed by atoms with van der Waals surface area (Å²) in [5, 5.41) is 5.16. The Morgan fingerprint density at radius 3 is 2.85 bits per heavy atom. The third-order valence-electron chi connectivity index (χ3n) is 10.8. The molecule has 6 heterocycles. The molecule has 4 aliphatic rings. The highest BCUT2D eigenvalue weighted by Gasteiger charge is 2.49. The number of nitrogens with two attached hydrogens (primary N) is 1. The van der Waals surface area contributed by atoms with Crippen LogP contribution in [0.4, 0.5) is 24.7 Å². The molecule has 8 nitrogen and oxygen atoms in total. The van der Waals surface area contributed by atoms with E-state index in [1.807, 2.05) is 0 Å². The molecule has 244 valence electrons. The van der Waals surface area contributed by atoms with Crippen LogP contribution in [0.3, 0.4) is 0 Å². The number of nitrogens with zero attached hydrogens (tertiary/aromatic N) is 5. The minimum atomic E-state index is -0.906. The first-order chi connectivity index (χ1) is 22.8. The fourth-order valence-corrected chi connectivity index (χ4v) is 8.68. The lowest BCUT2D eigenvalue weighted by Crippen LogP contribution is -2.58. The zero-order chi connectivity index (χ0) is 32.4. The Labute approximate surface area is 271 Å². The number of terminal acetylenes is 1. The monoisotopic (exact) mass is 641 g/mol. The summed E-state index contributed by atoms with van der Waals surface area (Å²) in [5.41, 5.74) is 7.32. The lowest BCUT2D eigenvalue weighted by molar-refractivity contribution is 0.107. The second-order valence-corrected chi connectivity index (χ2v) is 13.5. The molecule has 0 radical (unpaired) electrons. The van der Waals surface area contributed by atoms with E-state index in [0.717, 1.165) is 45.2 Å². The SMILES string of the molecule is C#Cc1c(F)ccc2cc(N)cc(-c3nc4c5c(nc(OC[C@@]67CCCN6C[C@H](F)C7)nc5c3F)N3CCN[C@@H](CC)[C@H]3CCC4)c12. The Morgan fingerprint density at radius 1 is 1.15 bits per heavy atom. The standard InChI is InChI=1S/C36H38F3N7O/c1-3-23-25(38)10-9-20-15-22(40)16-24(29(20)23)32-31(39)33-30-27(42-32)7-5-8-28-26(4-2)41-12-14-46(28)34(30)44-35(43-33)47-19-36-11-6-13-45(36)18-21(37)17-36/h1,9-10,15-16,21,26,28,41H,4-8,11-14,17-19,40H2,2H3/t21-,26+,28-,36+/m1/s1. The first-order valence-corrected chi connectivity index (χ1v) is 16.7. The van der Waals surface area contributed by atoms with Gasteiger partial charge in [-0.25, -0.2) is 18.2 Å². The number of hydrogen-bond donors (Lipinski definition) is 2. The van der Waals surface area contributed by atoms with Crippen LogP contribution < -0.4 is 20.7 Å². The van der Waals surface area contributed by atoms with Crippen LogP contribution >= 0.6 is 0 Å². The van der Waals surface area contributed by atoms with Gasteiger partial charge >= 0.3 is 6.01 Å². The fraction of sp³-hybridized carbons (Fsp3) is 0.472. The van der Waals surface area contributed by atoms with Crippen molar-refractivity contribution in [2.24, 2.45) is 0 Å². The van der Waals surface area contributed by atoms with Crippen molar-refractivity contribution in [3.8, 4) is 29.6 Å². The van der Waals surface area contributed by atoms with Gasteiger partial charge in [-0.05, 0) is 68.7 Å². The van der Waals surface area contributed by atoms with Crippen molar-refractivity contribution in [1.82, 2.24) is 25.2 Å². The van der Waals surface area contributed by atoms with Gasteiger partial charge in [-0.1, -0.05) is 18.9 Å². The summed E-state index contributed by atoms with van der Waals surface area (Å²) < 4.78 is 53.1. The van der Waals surface area contributed by atoms with E-state index in [4.69, 9.17) is 31.8 Å². The molecule has 4 aromatic rings. The highest BCUT2D eigenvalue weighted by Crippen LogP contribution is 2.43. The first kappa shape index (κ1) is 30.2. The second kappa shape index (κ2) is 11.5. The molecule has 2 aromatic heterocycles. The highest BCUT2D eigenvalue weighted by molar-refractivity contribution is 6.04. The topological polar surface area (TPSA) is 92.4 Å². The number of nitrogen functional groups attached to an aromatic ring is 1. The van der Waals surface area contributed by atoms with Gasteiger partial charge in [0.25, 0.3) is 0 Å². The normalized spacial score (nSPS) is 25.8. The van der Waals surface area contributed by atoms with Gasteiger partial charge in [-0.3, -0.25) is 4.90 Å². The fourth-order valence-electron chi connectivity index (χ4n) is 8.68. The van der Waals surface area contributed by atoms with Gasteiger partial charge in [0.15, 0.2) is 5.82 Å². The lowest BCUT2D eigenvalue weighted by Gasteiger charge is -2.44. The molecule has 0 bridgehead atoms. The van der Waals surface area contributed by atoms with E-state index < -0.39 is 23.3 Å². The maximum atomic E-state index is 17.2. The largest absolute Gasteiger partial charge is 0.461 e. The second-order valence-electron chi connectivity index (χ2n) is 13.5. The van der Waals surface area contributed by atoms with Crippen molar-refractivity contribution in [1.29, 1.82) is 0 Å². The molecule has 3 saturated heterocycles. The van der Waals surface area contributed by atoms with Crippen molar-refractivity contribution in [2.45, 2.75) is 75.7 Å². The van der Waals surface area contributed by atoms with Gasteiger partial charge < -0.3 is 20.7 Å². The number of aromatic nitrogens is 3. The van der Waals surface area contributed by atoms with Crippen LogP contribution in [-0.2, 0) is 6.42 Å². The number of aryl methyl sites for hydroxylation is 1. The number of piperazine rings is 1. The van der Waals surface area contributed by atoms with Gasteiger partial charge in [0.2, 0.25) is 0 Å². The molecule has 0 saturated carbocycles. The number of anilines is 2. The van der Waals surface area contributed by atoms with E-state index in [9.17, 15) is 4.39 Å². The number of pyridine rings is 1. The first-order valence-electron chi connectivity index (χ1n) is 16.7. The van der Waals surface area contributed by atoms with Crippen LogP contribution in [-0.4, -0.2) is 76.4 Å². The number of fused-ring (bicyclic) bond motifs is 4. The van der Waals surface area contributed by atoms with Crippen molar-refractivity contribution in [3.05, 3.63) is 47.2 Å². The van der Waals surface area contributed by atoms with Crippen LogP contribution in [0.1, 0.15) is 56.7 Å². The minimum absolute atomic E-state index is 0.00277. The Morgan fingerprint density at radius 2 is 2.02 bits per heavy atom. The molecule has 11 heteroatoms. The number of alkyl halides is 1. The zero-order valence-corrected chi connectivity index (χ0v) is 26.5. The van der Waals surface area contributed by atoms with Gasteiger partial charge in [0.1, 0.15) is 35.6 Å². The number of ether oxygens (including phenoxy) is 1. The van der Waals surface area contributed by atoms with E-state index in [-0.39, 0.29) is 41.5 Å². The Balaban J connectivity index is 1.34. The van der Waals surface area contributed by atoms with E-state index in [1.165, 1.54) is 6.07 Å². The molecular formula is C36H38F3N7O. The van der Waals surface area contributed by atoms with Crippen molar-refractivity contribution in [3.63, 3.8) is 0 Å². The Hall–Kier alpha value is -4.14. The average molecular weight is 642 g/mol. The summed E-state index contributed by atoms with van der Waals surface area (Å²) in [7, 11) is 0. The van der Waals surface area contributed by atoms with E-state index in [2.05, 4.69) is 28.0 Å². The number of benzene rings is 2. The van der Waals surface area contributed by atoms with Gasteiger partial charge in [-0.15, -0.1) is 6.42 Å². The Kier molecular flexibility index (Phi) is 7.41. The molecule has 3 fully saturated rings. The molecule has 4 atom stereocenters. The quantitative estimate of drug-likeness (QED) is 0.217. The van der Waals surface area contributed by atoms with E-state index in [0.29, 0.717) is 64.9 Å². The average Bonchev–Trinajstić information content (AvgIpc) is 3.59. The van der Waals surface area contributed by atoms with Crippen LogP contribution in [0.25, 0.3) is 32.9 Å². The van der Waals surface area contributed by atoms with Gasteiger partial charge in [-0.2, -0.15) is 9.97 Å². The van der Waals surface area contributed by atoms with Crippen molar-refractivity contribution < 1.29 is 17.9 Å². The predicted molar refractivity (Wildman–Crippen MR) is 177 cm³/mol. The summed E-state index contributed by atoms with van der Waals surface area (Å²) in [6.45, 7) is 5.05. The molecule has 8 rings (SSSR count). The smallest absolute Gasteiger partial charge is 0.319 e. The molecule has 47 heavy (non-hydrogen) atoms. The molecule has 0 spiro atoms. The number of halogens is 3. The number of rotatable bonds is 5. The van der Waals surface area contributed by atoms with E-state index >= 15 is 8.78 Å². The number of hydrogen-bond acceptors (Lipinski definition) is 8. The van der Waals surface area contributed by atoms with Crippen molar-refractivity contribution in [2.75, 3.05) is 43.4 Å². The van der Waals surface area contributed by atoms with Crippen LogP contribution in [0.5, 0.6) is 6.01 Å². The molecule has 0 amide bonds. The van der Waals surface area contributed by atoms with Gasteiger partial charge in [0, 0.05) is 54.8 Å². The lowest BCUT2D eigenvalue weighted by atomic mass is 9.91. The third kappa shape index (κ3) is 4.87. The third-order valence-corrected chi connectivity index (χ3v) is 10.8. The van der Waals surface area contributed by atoms with Gasteiger partial charge in [0.05, 0.1) is 22.2 Å². The van der Waals surface area contributed by atoms with Crippen LogP contribution in [0.15, 0.2) is 24.3 Å². The molecule has 0 unspecified atom stereocenters. The van der Waals surface area contributed by atoms with E-state index in [1.54, 1.807) is 18.2 Å². The predicted octanol–water partition coefficient (Wildman–Crippen LogP) is 5.54. The molecule has 4 aliphatic heterocycles. The Bertz CT molecular complexity index is 1950. The zero-order valence-electron chi connectivity index (χ0n) is 26.5. The summed E-state index contributed by atoms with van der Waals surface area (Å²) >= 11 is 0. The van der Waals surface area contributed by atoms with Crippen LogP contribution in [0.2, 0.25) is 0 Å². The molecule has 0 aliphatic carbocycles. The van der Waals surface area contributed by atoms with Crippen LogP contribution in [0, 0.1) is 24.0 Å².